The largest absolute Gasteiger partial charge is 0.438 e. The number of carbonyl (C=O) groups excluding carboxylic acids is 2. The zero-order valence-corrected chi connectivity index (χ0v) is 9.69. The van der Waals surface area contributed by atoms with Crippen molar-refractivity contribution in [3.05, 3.63) is 0 Å². The number of urea groups is 1. The summed E-state index contributed by atoms with van der Waals surface area (Å²) in [5.74, 6) is 0. The van der Waals surface area contributed by atoms with E-state index in [1.807, 2.05) is 0 Å². The Kier molecular flexibility index (Phi) is 6.05. The minimum absolute atomic E-state index is 0.111. The first-order chi connectivity index (χ1) is 7.01. The lowest BCUT2D eigenvalue weighted by atomic mass is 10.9. The van der Waals surface area contributed by atoms with Crippen molar-refractivity contribution >= 4 is 19.9 Å². The number of hydrogen-bond acceptors (Lipinski definition) is 5. The normalized spacial score (nSPS) is 10.6. The molecule has 0 bridgehead atoms. The molecule has 0 aliphatic rings. The van der Waals surface area contributed by atoms with Crippen LogP contribution in [0.5, 0.6) is 0 Å². The summed E-state index contributed by atoms with van der Waals surface area (Å²) in [5.41, 5.74) is 0. The molecule has 8 heteroatoms. The number of aliphatic imine (C=N–C) groups is 1. The van der Waals surface area contributed by atoms with Crippen molar-refractivity contribution in [2.24, 2.45) is 4.99 Å². The van der Waals surface area contributed by atoms with Gasteiger partial charge in [-0.25, -0.2) is 18.8 Å². The second-order valence-corrected chi connectivity index (χ2v) is 4.37. The lowest BCUT2D eigenvalue weighted by Crippen LogP contribution is -2.23. The van der Waals surface area contributed by atoms with Gasteiger partial charge >= 0.3 is 13.8 Å². The van der Waals surface area contributed by atoms with Crippen LogP contribution in [0.25, 0.3) is 0 Å². The van der Waals surface area contributed by atoms with Gasteiger partial charge < -0.3 is 0 Å². The van der Waals surface area contributed by atoms with E-state index in [0.717, 1.165) is 6.08 Å². The summed E-state index contributed by atoms with van der Waals surface area (Å²) in [4.78, 5) is 23.8. The third kappa shape index (κ3) is 3.93. The Hall–Kier alpha value is -1.00. The molecule has 0 heterocycles. The van der Waals surface area contributed by atoms with Gasteiger partial charge in [0, 0.05) is 7.05 Å². The first-order valence-corrected chi connectivity index (χ1v) is 5.76. The summed E-state index contributed by atoms with van der Waals surface area (Å²) in [6.07, 6.45) is 1.06. The SMILES string of the molecule is CCOP(=O)(OCC)N(C)C(=O)N=C=O. The first kappa shape index (κ1) is 14.0. The zero-order valence-electron chi connectivity index (χ0n) is 8.80. The van der Waals surface area contributed by atoms with E-state index in [1.54, 1.807) is 13.8 Å². The summed E-state index contributed by atoms with van der Waals surface area (Å²) in [7, 11) is -2.51. The third-order valence-electron chi connectivity index (χ3n) is 1.37. The lowest BCUT2D eigenvalue weighted by molar-refractivity contribution is 0.177. The van der Waals surface area contributed by atoms with Crippen LogP contribution in [0.3, 0.4) is 0 Å². The highest BCUT2D eigenvalue weighted by molar-refractivity contribution is 7.52. The Morgan fingerprint density at radius 1 is 1.40 bits per heavy atom. The van der Waals surface area contributed by atoms with E-state index in [4.69, 9.17) is 9.05 Å². The van der Waals surface area contributed by atoms with Crippen LogP contribution in [0.2, 0.25) is 0 Å². The molecule has 0 aromatic carbocycles. The molecule has 0 aromatic heterocycles. The Balaban J connectivity index is 4.83. The highest BCUT2D eigenvalue weighted by atomic mass is 31.2. The topological polar surface area (TPSA) is 85.3 Å². The average Bonchev–Trinajstić information content (AvgIpc) is 2.17. The average molecular weight is 236 g/mol. The van der Waals surface area contributed by atoms with Crippen LogP contribution in [0, 0.1) is 0 Å². The molecule has 0 rings (SSSR count). The second kappa shape index (κ2) is 6.48. The molecule has 0 saturated carbocycles. The Bertz CT molecular complexity index is 303. The van der Waals surface area contributed by atoms with Crippen LogP contribution in [0.1, 0.15) is 13.8 Å². The van der Waals surface area contributed by atoms with Crippen molar-refractivity contribution < 1.29 is 23.2 Å². The molecule has 0 saturated heterocycles. The fourth-order valence-electron chi connectivity index (χ4n) is 0.753. The highest BCUT2D eigenvalue weighted by Gasteiger charge is 2.33. The van der Waals surface area contributed by atoms with Crippen molar-refractivity contribution in [1.29, 1.82) is 0 Å². The molecule has 0 unspecified atom stereocenters. The summed E-state index contributed by atoms with van der Waals surface area (Å²) < 4.78 is 22.3. The highest BCUT2D eigenvalue weighted by Crippen LogP contribution is 2.51. The molecule has 0 N–H and O–H groups in total. The Morgan fingerprint density at radius 2 is 1.87 bits per heavy atom. The van der Waals surface area contributed by atoms with Crippen molar-refractivity contribution in [2.45, 2.75) is 13.8 Å². The molecule has 15 heavy (non-hydrogen) atoms. The molecule has 0 spiro atoms. The molecule has 86 valence electrons. The van der Waals surface area contributed by atoms with Crippen molar-refractivity contribution in [3.8, 4) is 0 Å². The molecular formula is C7H13N2O5P. The number of isocyanates is 1. The second-order valence-electron chi connectivity index (χ2n) is 2.31. The molecule has 0 aliphatic carbocycles. The smallest absolute Gasteiger partial charge is 0.292 e. The monoisotopic (exact) mass is 236 g/mol. The summed E-state index contributed by atoms with van der Waals surface area (Å²) in [5, 5.41) is 0. The van der Waals surface area contributed by atoms with Crippen LogP contribution < -0.4 is 0 Å². The molecule has 2 amide bonds. The summed E-state index contributed by atoms with van der Waals surface area (Å²) in [6, 6.07) is -1.02. The number of hydrogen-bond donors (Lipinski definition) is 0. The predicted molar refractivity (Wildman–Crippen MR) is 52.1 cm³/mol. The minimum Gasteiger partial charge on any atom is -0.292 e. The summed E-state index contributed by atoms with van der Waals surface area (Å²) >= 11 is 0. The zero-order chi connectivity index (χ0) is 11.9. The molecule has 7 nitrogen and oxygen atoms in total. The Morgan fingerprint density at radius 3 is 2.20 bits per heavy atom. The van der Waals surface area contributed by atoms with Gasteiger partial charge in [-0.15, -0.1) is 4.99 Å². The fourth-order valence-corrected chi connectivity index (χ4v) is 2.08. The van der Waals surface area contributed by atoms with Gasteiger partial charge in [-0.3, -0.25) is 9.05 Å². The van der Waals surface area contributed by atoms with E-state index in [-0.39, 0.29) is 13.2 Å². The van der Waals surface area contributed by atoms with Gasteiger partial charge in [0.15, 0.2) is 0 Å². The van der Waals surface area contributed by atoms with Gasteiger partial charge in [-0.05, 0) is 13.8 Å². The van der Waals surface area contributed by atoms with Gasteiger partial charge in [0.2, 0.25) is 6.08 Å². The van der Waals surface area contributed by atoms with E-state index in [1.165, 1.54) is 7.05 Å². The molecule has 0 aromatic rings. The van der Waals surface area contributed by atoms with Gasteiger partial charge in [0.05, 0.1) is 13.2 Å². The number of nitrogens with zero attached hydrogens (tertiary/aromatic N) is 2. The number of amides is 2. The minimum atomic E-state index is -3.69. The van der Waals surface area contributed by atoms with E-state index >= 15 is 0 Å². The van der Waals surface area contributed by atoms with Crippen molar-refractivity contribution in [1.82, 2.24) is 4.67 Å². The van der Waals surface area contributed by atoms with Gasteiger partial charge in [0.1, 0.15) is 0 Å². The molecule has 0 atom stereocenters. The maximum atomic E-state index is 11.9. The van der Waals surface area contributed by atoms with Crippen LogP contribution in [-0.2, 0) is 18.4 Å². The van der Waals surface area contributed by atoms with Crippen LogP contribution in [0.4, 0.5) is 4.79 Å². The molecule has 0 aliphatic heterocycles. The molecule has 0 fully saturated rings. The van der Waals surface area contributed by atoms with Crippen molar-refractivity contribution in [3.63, 3.8) is 0 Å². The summed E-state index contributed by atoms with van der Waals surface area (Å²) in [6.45, 7) is 3.43. The van der Waals surface area contributed by atoms with Gasteiger partial charge in [-0.1, -0.05) is 0 Å². The van der Waals surface area contributed by atoms with Crippen LogP contribution in [-0.4, -0.2) is 37.0 Å². The van der Waals surface area contributed by atoms with Crippen LogP contribution in [0.15, 0.2) is 4.99 Å². The van der Waals surface area contributed by atoms with E-state index in [9.17, 15) is 14.2 Å². The van der Waals surface area contributed by atoms with E-state index in [2.05, 4.69) is 4.99 Å². The molecular weight excluding hydrogens is 223 g/mol. The fraction of sp³-hybridized carbons (Fsp3) is 0.714. The van der Waals surface area contributed by atoms with E-state index < -0.39 is 13.8 Å². The van der Waals surface area contributed by atoms with Gasteiger partial charge in [0.25, 0.3) is 0 Å². The maximum absolute atomic E-state index is 11.9. The quantitative estimate of drug-likeness (QED) is 0.410. The predicted octanol–water partition coefficient (Wildman–Crippen LogP) is 1.56. The van der Waals surface area contributed by atoms with E-state index in [0.29, 0.717) is 4.67 Å². The molecule has 0 radical (unpaired) electrons. The Labute approximate surface area is 87.7 Å². The van der Waals surface area contributed by atoms with Gasteiger partial charge in [-0.2, -0.15) is 0 Å². The third-order valence-corrected chi connectivity index (χ3v) is 3.44. The standard InChI is InChI=1S/C7H13N2O5P/c1-4-13-15(12,14-5-2)9(3)7(11)8-6-10/h4-5H2,1-3H3. The van der Waals surface area contributed by atoms with Crippen molar-refractivity contribution in [2.75, 3.05) is 20.3 Å². The maximum Gasteiger partial charge on any atom is 0.438 e. The van der Waals surface area contributed by atoms with Crippen LogP contribution >= 0.6 is 7.75 Å². The number of carbonyl (C=O) groups is 1. The first-order valence-electron chi connectivity index (χ1n) is 4.27. The number of rotatable bonds is 5. The lowest BCUT2D eigenvalue weighted by Gasteiger charge is -2.23.